The molecule has 112 valence electrons. The van der Waals surface area contributed by atoms with Crippen LogP contribution in [0.3, 0.4) is 0 Å². The molecule has 3 N–H and O–H groups in total. The van der Waals surface area contributed by atoms with E-state index in [1.807, 2.05) is 13.8 Å². The Bertz CT molecular complexity index is 445. The van der Waals surface area contributed by atoms with E-state index in [4.69, 9.17) is 5.11 Å². The third-order valence-electron chi connectivity index (χ3n) is 3.00. The van der Waals surface area contributed by atoms with Crippen molar-refractivity contribution in [3.8, 4) is 0 Å². The summed E-state index contributed by atoms with van der Waals surface area (Å²) in [6.45, 7) is 4.50. The van der Waals surface area contributed by atoms with Crippen LogP contribution < -0.4 is 5.32 Å². The number of aliphatic carboxylic acids is 1. The number of aryl methyl sites for hydroxylation is 1. The molecule has 0 aromatic carbocycles. The number of hydrogen-bond acceptors (Lipinski definition) is 4. The van der Waals surface area contributed by atoms with E-state index in [1.54, 1.807) is 0 Å². The number of carbonyl (C=O) groups is 2. The predicted octanol–water partition coefficient (Wildman–Crippen LogP) is 1.38. The van der Waals surface area contributed by atoms with Gasteiger partial charge in [-0.2, -0.15) is 0 Å². The lowest BCUT2D eigenvalue weighted by atomic mass is 10.0. The SMILES string of the molecule is CCCc1nc(C(=O)NCCC(C)CCC(=O)O)n[nH]1. The zero-order chi connectivity index (χ0) is 15.0. The lowest BCUT2D eigenvalue weighted by molar-refractivity contribution is -0.137. The lowest BCUT2D eigenvalue weighted by Gasteiger charge is -2.09. The van der Waals surface area contributed by atoms with E-state index in [0.717, 1.165) is 19.3 Å². The number of amides is 1. The summed E-state index contributed by atoms with van der Waals surface area (Å²) in [6.07, 6.45) is 3.23. The maximum absolute atomic E-state index is 11.8. The Morgan fingerprint density at radius 1 is 1.40 bits per heavy atom. The molecule has 1 heterocycles. The van der Waals surface area contributed by atoms with Gasteiger partial charge in [-0.25, -0.2) is 4.98 Å². The molecule has 0 fully saturated rings. The molecule has 1 aromatic rings. The molecule has 0 radical (unpaired) electrons. The molecule has 1 aromatic heterocycles. The summed E-state index contributed by atoms with van der Waals surface area (Å²) < 4.78 is 0. The topological polar surface area (TPSA) is 108 Å². The second-order valence-electron chi connectivity index (χ2n) is 4.94. The highest BCUT2D eigenvalue weighted by molar-refractivity contribution is 5.90. The van der Waals surface area contributed by atoms with Crippen molar-refractivity contribution in [1.29, 1.82) is 0 Å². The number of carbonyl (C=O) groups excluding carboxylic acids is 1. The second kappa shape index (κ2) is 8.29. The van der Waals surface area contributed by atoms with Crippen molar-refractivity contribution in [3.63, 3.8) is 0 Å². The van der Waals surface area contributed by atoms with Crippen LogP contribution in [0.4, 0.5) is 0 Å². The average Bonchev–Trinajstić information content (AvgIpc) is 2.85. The number of nitrogens with zero attached hydrogens (tertiary/aromatic N) is 2. The van der Waals surface area contributed by atoms with Crippen LogP contribution >= 0.6 is 0 Å². The zero-order valence-corrected chi connectivity index (χ0v) is 12.0. The Morgan fingerprint density at radius 2 is 2.15 bits per heavy atom. The maximum Gasteiger partial charge on any atom is 0.303 e. The van der Waals surface area contributed by atoms with Crippen LogP contribution in [0.25, 0.3) is 0 Å². The third-order valence-corrected chi connectivity index (χ3v) is 3.00. The van der Waals surface area contributed by atoms with Crippen LogP contribution in [-0.4, -0.2) is 38.7 Å². The van der Waals surface area contributed by atoms with Crippen molar-refractivity contribution in [1.82, 2.24) is 20.5 Å². The number of aromatic amines is 1. The van der Waals surface area contributed by atoms with Gasteiger partial charge in [0.1, 0.15) is 5.82 Å². The van der Waals surface area contributed by atoms with Gasteiger partial charge in [-0.3, -0.25) is 14.7 Å². The number of H-pyrrole nitrogens is 1. The molecule has 1 unspecified atom stereocenters. The summed E-state index contributed by atoms with van der Waals surface area (Å²) >= 11 is 0. The van der Waals surface area contributed by atoms with Crippen LogP contribution in [0.15, 0.2) is 0 Å². The van der Waals surface area contributed by atoms with Crippen molar-refractivity contribution < 1.29 is 14.7 Å². The number of carboxylic acids is 1. The largest absolute Gasteiger partial charge is 0.481 e. The summed E-state index contributed by atoms with van der Waals surface area (Å²) in [7, 11) is 0. The van der Waals surface area contributed by atoms with Crippen molar-refractivity contribution in [2.45, 2.75) is 46.0 Å². The normalized spacial score (nSPS) is 12.1. The first kappa shape index (κ1) is 16.1. The minimum Gasteiger partial charge on any atom is -0.481 e. The fourth-order valence-corrected chi connectivity index (χ4v) is 1.77. The second-order valence-corrected chi connectivity index (χ2v) is 4.94. The number of nitrogens with one attached hydrogen (secondary N) is 2. The summed E-state index contributed by atoms with van der Waals surface area (Å²) in [5.41, 5.74) is 0. The van der Waals surface area contributed by atoms with E-state index in [0.29, 0.717) is 18.8 Å². The van der Waals surface area contributed by atoms with Gasteiger partial charge >= 0.3 is 5.97 Å². The van der Waals surface area contributed by atoms with Crippen LogP contribution in [0.5, 0.6) is 0 Å². The van der Waals surface area contributed by atoms with Crippen molar-refractivity contribution >= 4 is 11.9 Å². The van der Waals surface area contributed by atoms with Gasteiger partial charge < -0.3 is 10.4 Å². The molecule has 0 aliphatic carbocycles. The molecule has 0 saturated heterocycles. The molecule has 0 bridgehead atoms. The van der Waals surface area contributed by atoms with Gasteiger partial charge in [0.25, 0.3) is 5.91 Å². The first-order valence-corrected chi connectivity index (χ1v) is 6.94. The van der Waals surface area contributed by atoms with Crippen LogP contribution in [0, 0.1) is 5.92 Å². The highest BCUT2D eigenvalue weighted by atomic mass is 16.4. The first-order valence-electron chi connectivity index (χ1n) is 6.94. The van der Waals surface area contributed by atoms with Crippen molar-refractivity contribution in [3.05, 3.63) is 11.6 Å². The molecule has 0 aliphatic heterocycles. The quantitative estimate of drug-likeness (QED) is 0.634. The van der Waals surface area contributed by atoms with E-state index in [-0.39, 0.29) is 24.1 Å². The molecule has 0 spiro atoms. The van der Waals surface area contributed by atoms with E-state index < -0.39 is 5.97 Å². The molecule has 20 heavy (non-hydrogen) atoms. The van der Waals surface area contributed by atoms with E-state index in [2.05, 4.69) is 20.5 Å². The molecule has 7 heteroatoms. The minimum absolute atomic E-state index is 0.159. The van der Waals surface area contributed by atoms with E-state index in [9.17, 15) is 9.59 Å². The average molecular weight is 282 g/mol. The van der Waals surface area contributed by atoms with Gasteiger partial charge in [0.15, 0.2) is 0 Å². The summed E-state index contributed by atoms with van der Waals surface area (Å²) in [5, 5.41) is 17.9. The lowest BCUT2D eigenvalue weighted by Crippen LogP contribution is -2.26. The van der Waals surface area contributed by atoms with E-state index >= 15 is 0 Å². The van der Waals surface area contributed by atoms with Crippen LogP contribution in [-0.2, 0) is 11.2 Å². The smallest absolute Gasteiger partial charge is 0.303 e. The minimum atomic E-state index is -0.787. The fraction of sp³-hybridized carbons (Fsp3) is 0.692. The molecule has 1 atom stereocenters. The Labute approximate surface area is 118 Å². The van der Waals surface area contributed by atoms with Crippen molar-refractivity contribution in [2.75, 3.05) is 6.54 Å². The molecular formula is C13H22N4O3. The van der Waals surface area contributed by atoms with Crippen molar-refractivity contribution in [2.24, 2.45) is 5.92 Å². The van der Waals surface area contributed by atoms with Crippen LogP contribution in [0.2, 0.25) is 0 Å². The fourth-order valence-electron chi connectivity index (χ4n) is 1.77. The van der Waals surface area contributed by atoms with Gasteiger partial charge in [0.05, 0.1) is 0 Å². The number of rotatable bonds is 9. The number of aromatic nitrogens is 3. The Morgan fingerprint density at radius 3 is 2.80 bits per heavy atom. The van der Waals surface area contributed by atoms with Gasteiger partial charge in [0.2, 0.25) is 5.82 Å². The summed E-state index contributed by atoms with van der Waals surface area (Å²) in [4.78, 5) is 26.3. The standard InChI is InChI=1S/C13H22N4O3/c1-3-4-10-15-12(17-16-10)13(20)14-8-7-9(2)5-6-11(18)19/h9H,3-8H2,1-2H3,(H,14,20)(H,18,19)(H,15,16,17). The highest BCUT2D eigenvalue weighted by Gasteiger charge is 2.12. The summed E-state index contributed by atoms with van der Waals surface area (Å²) in [5.74, 6) is 0.0485. The molecule has 1 amide bonds. The van der Waals surface area contributed by atoms with Gasteiger partial charge in [-0.05, 0) is 25.2 Å². The molecule has 0 aliphatic rings. The Kier molecular flexibility index (Phi) is 6.69. The maximum atomic E-state index is 11.8. The summed E-state index contributed by atoms with van der Waals surface area (Å²) in [6, 6.07) is 0. The Hall–Kier alpha value is -1.92. The monoisotopic (exact) mass is 282 g/mol. The predicted molar refractivity (Wildman–Crippen MR) is 73.4 cm³/mol. The van der Waals surface area contributed by atoms with Gasteiger partial charge in [-0.15, -0.1) is 5.10 Å². The van der Waals surface area contributed by atoms with Crippen LogP contribution in [0.1, 0.15) is 56.0 Å². The highest BCUT2D eigenvalue weighted by Crippen LogP contribution is 2.09. The number of carboxylic acid groups (broad SMARTS) is 1. The molecule has 0 saturated carbocycles. The van der Waals surface area contributed by atoms with Gasteiger partial charge in [-0.1, -0.05) is 13.8 Å². The molecular weight excluding hydrogens is 260 g/mol. The Balaban J connectivity index is 2.26. The van der Waals surface area contributed by atoms with E-state index in [1.165, 1.54) is 0 Å². The van der Waals surface area contributed by atoms with Gasteiger partial charge in [0, 0.05) is 19.4 Å². The third kappa shape index (κ3) is 5.81. The first-order chi connectivity index (χ1) is 9.52. The number of hydrogen-bond donors (Lipinski definition) is 3. The molecule has 7 nitrogen and oxygen atoms in total. The zero-order valence-electron chi connectivity index (χ0n) is 12.0. The molecule has 1 rings (SSSR count).